The maximum Gasteiger partial charge on any atom is 0.322 e. The largest absolute Gasteiger partial charge is 0.497 e. The van der Waals surface area contributed by atoms with Crippen molar-refractivity contribution >= 4 is 11.6 Å². The summed E-state index contributed by atoms with van der Waals surface area (Å²) in [6, 6.07) is 8.38. The van der Waals surface area contributed by atoms with Gasteiger partial charge in [0.2, 0.25) is 5.95 Å². The summed E-state index contributed by atoms with van der Waals surface area (Å²) in [5, 5.41) is 11.4. The molecular formula is C22H30N6O2. The summed E-state index contributed by atoms with van der Waals surface area (Å²) < 4.78 is 13.3. The van der Waals surface area contributed by atoms with E-state index in [0.717, 1.165) is 48.5 Å². The molecule has 0 amide bonds. The normalized spacial score (nSPS) is 17.8. The summed E-state index contributed by atoms with van der Waals surface area (Å²) in [5.41, 5.74) is 2.94. The lowest BCUT2D eigenvalue weighted by molar-refractivity contribution is 0.153. The zero-order chi connectivity index (χ0) is 21.1. The van der Waals surface area contributed by atoms with Crippen molar-refractivity contribution in [1.29, 1.82) is 0 Å². The molecule has 2 N–H and O–H groups in total. The van der Waals surface area contributed by atoms with Crippen molar-refractivity contribution in [1.82, 2.24) is 24.9 Å². The monoisotopic (exact) mass is 410 g/mol. The van der Waals surface area contributed by atoms with Crippen molar-refractivity contribution in [2.75, 3.05) is 25.5 Å². The van der Waals surface area contributed by atoms with Gasteiger partial charge in [-0.1, -0.05) is 26.0 Å². The maximum atomic E-state index is 6.15. The van der Waals surface area contributed by atoms with Gasteiger partial charge in [-0.3, -0.25) is 0 Å². The molecule has 1 fully saturated rings. The molecule has 160 valence electrons. The van der Waals surface area contributed by atoms with E-state index in [4.69, 9.17) is 14.5 Å². The molecule has 30 heavy (non-hydrogen) atoms. The van der Waals surface area contributed by atoms with E-state index in [1.807, 2.05) is 24.4 Å². The van der Waals surface area contributed by atoms with Crippen LogP contribution in [0, 0.1) is 0 Å². The Balaban J connectivity index is 1.67. The number of hydrogen-bond acceptors (Lipinski definition) is 7. The molecule has 3 heterocycles. The number of anilines is 1. The average molecular weight is 411 g/mol. The zero-order valence-electron chi connectivity index (χ0n) is 18.1. The molecule has 0 aliphatic carbocycles. The highest BCUT2D eigenvalue weighted by Crippen LogP contribution is 2.26. The average Bonchev–Trinajstić information content (AvgIpc) is 3.19. The van der Waals surface area contributed by atoms with Gasteiger partial charge >= 0.3 is 6.01 Å². The molecule has 0 saturated carbocycles. The number of piperidine rings is 1. The topological polar surface area (TPSA) is 85.6 Å². The van der Waals surface area contributed by atoms with Crippen LogP contribution in [0.5, 0.6) is 11.8 Å². The van der Waals surface area contributed by atoms with Crippen LogP contribution in [0.2, 0.25) is 0 Å². The molecule has 0 unspecified atom stereocenters. The lowest BCUT2D eigenvalue weighted by Crippen LogP contribution is -2.37. The Morgan fingerprint density at radius 1 is 1.23 bits per heavy atom. The molecule has 2 aromatic heterocycles. The van der Waals surface area contributed by atoms with Crippen molar-refractivity contribution in [3.8, 4) is 11.8 Å². The second-order valence-corrected chi connectivity index (χ2v) is 8.05. The molecule has 8 heteroatoms. The van der Waals surface area contributed by atoms with E-state index in [2.05, 4.69) is 47.6 Å². The van der Waals surface area contributed by atoms with Gasteiger partial charge in [0.05, 0.1) is 19.3 Å². The smallest absolute Gasteiger partial charge is 0.322 e. The van der Waals surface area contributed by atoms with Crippen LogP contribution in [0.3, 0.4) is 0 Å². The molecule has 3 aromatic rings. The molecule has 1 aromatic carbocycles. The molecule has 1 saturated heterocycles. The van der Waals surface area contributed by atoms with Gasteiger partial charge < -0.3 is 20.1 Å². The first-order chi connectivity index (χ1) is 14.5. The summed E-state index contributed by atoms with van der Waals surface area (Å²) in [6.07, 6.45) is 4.03. The first-order valence-electron chi connectivity index (χ1n) is 10.6. The van der Waals surface area contributed by atoms with Gasteiger partial charge in [-0.05, 0) is 49.9 Å². The van der Waals surface area contributed by atoms with Gasteiger partial charge in [0.25, 0.3) is 0 Å². The second-order valence-electron chi connectivity index (χ2n) is 8.05. The molecule has 8 nitrogen and oxygen atoms in total. The van der Waals surface area contributed by atoms with Crippen LogP contribution in [0.15, 0.2) is 30.5 Å². The van der Waals surface area contributed by atoms with Crippen LogP contribution < -0.4 is 20.1 Å². The van der Waals surface area contributed by atoms with Gasteiger partial charge in [-0.2, -0.15) is 19.6 Å². The van der Waals surface area contributed by atoms with Gasteiger partial charge in [0.1, 0.15) is 11.9 Å². The van der Waals surface area contributed by atoms with E-state index >= 15 is 0 Å². The Morgan fingerprint density at radius 3 is 2.83 bits per heavy atom. The number of fused-ring (bicyclic) bond motifs is 1. The third-order valence-electron chi connectivity index (χ3n) is 5.46. The van der Waals surface area contributed by atoms with Crippen LogP contribution in [0.25, 0.3) is 5.65 Å². The Hall–Kier alpha value is -2.87. The van der Waals surface area contributed by atoms with Gasteiger partial charge in [0, 0.05) is 12.1 Å². The minimum atomic E-state index is -0.00547. The summed E-state index contributed by atoms with van der Waals surface area (Å²) in [5.74, 6) is 1.73. The van der Waals surface area contributed by atoms with E-state index in [1.165, 1.54) is 0 Å². The van der Waals surface area contributed by atoms with Crippen molar-refractivity contribution in [3.05, 3.63) is 41.6 Å². The highest BCUT2D eigenvalue weighted by Gasteiger charge is 2.21. The minimum Gasteiger partial charge on any atom is -0.497 e. The van der Waals surface area contributed by atoms with Crippen LogP contribution >= 0.6 is 0 Å². The summed E-state index contributed by atoms with van der Waals surface area (Å²) in [7, 11) is 1.67. The fraction of sp³-hybridized carbons (Fsp3) is 0.500. The first kappa shape index (κ1) is 20.4. The predicted molar refractivity (Wildman–Crippen MR) is 116 cm³/mol. The third kappa shape index (κ3) is 4.33. The molecule has 0 radical (unpaired) electrons. The van der Waals surface area contributed by atoms with Gasteiger partial charge in [-0.25, -0.2) is 0 Å². The lowest BCUT2D eigenvalue weighted by atomic mass is 10.1. The van der Waals surface area contributed by atoms with Crippen molar-refractivity contribution in [3.63, 3.8) is 0 Å². The first-order valence-corrected chi connectivity index (χ1v) is 10.6. The lowest BCUT2D eigenvalue weighted by Gasteiger charge is -2.23. The van der Waals surface area contributed by atoms with Crippen molar-refractivity contribution in [2.45, 2.75) is 51.7 Å². The van der Waals surface area contributed by atoms with Crippen LogP contribution in [-0.4, -0.2) is 45.9 Å². The highest BCUT2D eigenvalue weighted by atomic mass is 16.5. The molecule has 0 bridgehead atoms. The van der Waals surface area contributed by atoms with Crippen LogP contribution in [0.4, 0.5) is 5.95 Å². The molecule has 4 rings (SSSR count). The van der Waals surface area contributed by atoms with Crippen molar-refractivity contribution in [2.24, 2.45) is 0 Å². The standard InChI is InChI=1S/C22H30N6O2/c1-14(2)19-13-24-28-20(19)26-22(30-18-9-6-10-23-12-18)27-21(28)25-15(3)16-7-5-8-17(11-16)29-4/h5,7-8,11,13-15,18,23H,6,9-10,12H2,1-4H3,(H,25,26,27)/t15-,18+/m0/s1. The number of nitrogens with zero attached hydrogens (tertiary/aromatic N) is 4. The summed E-state index contributed by atoms with van der Waals surface area (Å²) >= 11 is 0. The van der Waals surface area contributed by atoms with E-state index in [-0.39, 0.29) is 12.1 Å². The number of methoxy groups -OCH3 is 1. The summed E-state index contributed by atoms with van der Waals surface area (Å²) in [6.45, 7) is 8.20. The third-order valence-corrected chi connectivity index (χ3v) is 5.46. The highest BCUT2D eigenvalue weighted by molar-refractivity contribution is 5.53. The van der Waals surface area contributed by atoms with E-state index in [9.17, 15) is 0 Å². The fourth-order valence-electron chi connectivity index (χ4n) is 3.69. The molecule has 2 atom stereocenters. The number of aromatic nitrogens is 4. The molecule has 0 spiro atoms. The fourth-order valence-corrected chi connectivity index (χ4v) is 3.69. The Morgan fingerprint density at radius 2 is 2.10 bits per heavy atom. The molecular weight excluding hydrogens is 380 g/mol. The zero-order valence-corrected chi connectivity index (χ0v) is 18.1. The summed E-state index contributed by atoms with van der Waals surface area (Å²) in [4.78, 5) is 9.37. The minimum absolute atomic E-state index is 0.00547. The van der Waals surface area contributed by atoms with E-state index in [0.29, 0.717) is 17.9 Å². The van der Waals surface area contributed by atoms with E-state index in [1.54, 1.807) is 11.6 Å². The molecule has 1 aliphatic heterocycles. The Bertz CT molecular complexity index is 996. The van der Waals surface area contributed by atoms with Gasteiger partial charge in [0.15, 0.2) is 5.65 Å². The number of benzene rings is 1. The van der Waals surface area contributed by atoms with E-state index < -0.39 is 0 Å². The number of ether oxygens (including phenoxy) is 2. The second kappa shape index (κ2) is 8.87. The number of hydrogen-bond donors (Lipinski definition) is 2. The SMILES string of the molecule is COc1cccc([C@H](C)Nc2nc(O[C@@H]3CCCNC3)nc3c(C(C)C)cnn23)c1. The quantitative estimate of drug-likeness (QED) is 0.616. The maximum absolute atomic E-state index is 6.15. The van der Waals surface area contributed by atoms with Gasteiger partial charge in [-0.15, -0.1) is 0 Å². The molecule has 1 aliphatic rings. The Labute approximate surface area is 177 Å². The van der Waals surface area contributed by atoms with Crippen LogP contribution in [0.1, 0.15) is 56.7 Å². The number of rotatable bonds is 7. The van der Waals surface area contributed by atoms with Crippen molar-refractivity contribution < 1.29 is 9.47 Å². The van der Waals surface area contributed by atoms with Crippen LogP contribution in [-0.2, 0) is 0 Å². The predicted octanol–water partition coefficient (Wildman–Crippen LogP) is 3.56. The number of nitrogens with one attached hydrogen (secondary N) is 2. The Kier molecular flexibility index (Phi) is 6.03.